The number of carbonyl (C=O) groups is 2. The Morgan fingerprint density at radius 1 is 1.13 bits per heavy atom. The number of hydrogen-bond acceptors (Lipinski definition) is 5. The minimum Gasteiger partial charge on any atom is -0.477 e. The first kappa shape index (κ1) is 18.5. The highest BCUT2D eigenvalue weighted by molar-refractivity contribution is 7.88. The van der Waals surface area contributed by atoms with Gasteiger partial charge in [0.15, 0.2) is 0 Å². The molecule has 1 heterocycles. The summed E-state index contributed by atoms with van der Waals surface area (Å²) in [6.07, 6.45) is -0.190. The highest BCUT2D eigenvalue weighted by Gasteiger charge is 2.22. The van der Waals surface area contributed by atoms with Crippen LogP contribution < -0.4 is 4.72 Å². The van der Waals surface area contributed by atoms with E-state index in [1.807, 2.05) is 0 Å². The lowest BCUT2D eigenvalue weighted by atomic mass is 10.2. The smallest absolute Gasteiger partial charge is 0.422 e. The van der Waals surface area contributed by atoms with Gasteiger partial charge in [-0.2, -0.15) is 8.42 Å². The molecule has 10 heteroatoms. The average molecular weight is 361 g/mol. The predicted molar refractivity (Wildman–Crippen MR) is 82.7 cm³/mol. The van der Waals surface area contributed by atoms with Gasteiger partial charge in [-0.15, -0.1) is 12.4 Å². The fourth-order valence-corrected chi connectivity index (χ4v) is 2.64. The van der Waals surface area contributed by atoms with Crippen LogP contribution in [0.4, 0.5) is 4.79 Å². The maximum atomic E-state index is 11.9. The quantitative estimate of drug-likeness (QED) is 0.837. The first-order chi connectivity index (χ1) is 10.4. The van der Waals surface area contributed by atoms with Crippen LogP contribution in [0.2, 0.25) is 0 Å². The largest absolute Gasteiger partial charge is 0.477 e. The van der Waals surface area contributed by atoms with E-state index in [2.05, 4.69) is 0 Å². The summed E-state index contributed by atoms with van der Waals surface area (Å²) in [4.78, 5) is 22.4. The zero-order chi connectivity index (χ0) is 16.2. The summed E-state index contributed by atoms with van der Waals surface area (Å²) in [7, 11) is -4.38. The lowest BCUT2D eigenvalue weighted by Crippen LogP contribution is -2.36. The number of aromatic carboxylic acids is 1. The molecule has 2 rings (SSSR count). The molecule has 0 saturated carbocycles. The normalized spacial score (nSPS) is 10.4. The number of hydrogen-bond donors (Lipinski definition) is 2. The van der Waals surface area contributed by atoms with Crippen LogP contribution in [0.5, 0.6) is 0 Å². The van der Waals surface area contributed by atoms with Gasteiger partial charge in [0.2, 0.25) is 0 Å². The molecule has 0 atom stereocenters. The van der Waals surface area contributed by atoms with Gasteiger partial charge in [0.25, 0.3) is 0 Å². The molecule has 23 heavy (non-hydrogen) atoms. The number of ether oxygens (including phenoxy) is 1. The van der Waals surface area contributed by atoms with E-state index < -0.39 is 28.0 Å². The highest BCUT2D eigenvalue weighted by Crippen LogP contribution is 2.06. The van der Waals surface area contributed by atoms with Crippen molar-refractivity contribution in [1.82, 2.24) is 8.69 Å². The maximum Gasteiger partial charge on any atom is 0.422 e. The minimum atomic E-state index is -4.38. The Hall–Kier alpha value is -2.52. The van der Waals surface area contributed by atoms with E-state index in [4.69, 9.17) is 9.84 Å². The molecule has 2 aromatic rings. The molecule has 0 saturated heterocycles. The summed E-state index contributed by atoms with van der Waals surface area (Å²) in [5.74, 6) is -1.44. The summed E-state index contributed by atoms with van der Waals surface area (Å²) < 4.78 is 30.7. The third kappa shape index (κ3) is 4.73. The number of nitrogens with one attached hydrogen (secondary N) is 1. The fourth-order valence-electron chi connectivity index (χ4n) is 1.65. The molecule has 124 valence electrons. The van der Waals surface area contributed by atoms with E-state index in [0.29, 0.717) is 9.54 Å². The van der Waals surface area contributed by atoms with Gasteiger partial charge in [0, 0.05) is 6.20 Å². The molecule has 2 N–H and O–H groups in total. The second-order valence-electron chi connectivity index (χ2n) is 4.16. The van der Waals surface area contributed by atoms with Gasteiger partial charge >= 0.3 is 22.3 Å². The number of benzene rings is 1. The van der Waals surface area contributed by atoms with Crippen molar-refractivity contribution in [2.24, 2.45) is 0 Å². The summed E-state index contributed by atoms with van der Waals surface area (Å²) >= 11 is 0. The fraction of sp³-hybridized carbons (Fsp3) is 0.0769. The number of aromatic nitrogens is 1. The average Bonchev–Trinajstić information content (AvgIpc) is 2.96. The van der Waals surface area contributed by atoms with Crippen molar-refractivity contribution >= 4 is 34.7 Å². The van der Waals surface area contributed by atoms with Gasteiger partial charge < -0.3 is 9.84 Å². The topological polar surface area (TPSA) is 115 Å². The van der Waals surface area contributed by atoms with Crippen molar-refractivity contribution < 1.29 is 27.9 Å². The van der Waals surface area contributed by atoms with Crippen molar-refractivity contribution in [2.75, 3.05) is 0 Å². The van der Waals surface area contributed by atoms with Gasteiger partial charge in [-0.3, -0.25) is 0 Å². The number of halogens is 1. The van der Waals surface area contributed by atoms with Gasteiger partial charge in [0.1, 0.15) is 12.3 Å². The molecule has 0 aliphatic rings. The zero-order valence-electron chi connectivity index (χ0n) is 11.6. The molecular formula is C13H13ClN2O6S. The lowest BCUT2D eigenvalue weighted by molar-refractivity contribution is 0.0689. The molecule has 1 amide bonds. The van der Waals surface area contributed by atoms with E-state index in [1.54, 1.807) is 35.1 Å². The number of carboxylic acids is 1. The van der Waals surface area contributed by atoms with Crippen LogP contribution in [0.1, 0.15) is 16.1 Å². The van der Waals surface area contributed by atoms with E-state index in [0.717, 1.165) is 12.3 Å². The maximum absolute atomic E-state index is 11.9. The second-order valence-corrected chi connectivity index (χ2v) is 5.71. The Morgan fingerprint density at radius 3 is 2.39 bits per heavy atom. The van der Waals surface area contributed by atoms with Crippen molar-refractivity contribution in [2.45, 2.75) is 6.61 Å². The van der Waals surface area contributed by atoms with Crippen molar-refractivity contribution in [1.29, 1.82) is 0 Å². The number of carboxylic acid groups (broad SMARTS) is 1. The molecule has 0 bridgehead atoms. The Bertz CT molecular complexity index is 788. The second kappa shape index (κ2) is 7.65. The SMILES string of the molecule is Cl.O=C(NS(=O)(=O)n1cccc1C(=O)O)OCc1ccccc1. The third-order valence-electron chi connectivity index (χ3n) is 2.62. The van der Waals surface area contributed by atoms with Crippen LogP contribution in [0.3, 0.4) is 0 Å². The van der Waals surface area contributed by atoms with Crippen LogP contribution >= 0.6 is 12.4 Å². The van der Waals surface area contributed by atoms with Gasteiger partial charge in [0.05, 0.1) is 0 Å². The highest BCUT2D eigenvalue weighted by atomic mass is 35.5. The van der Waals surface area contributed by atoms with Gasteiger partial charge in [-0.1, -0.05) is 30.3 Å². The molecule has 0 radical (unpaired) electrons. The Labute approximate surface area is 138 Å². The van der Waals surface area contributed by atoms with E-state index in [-0.39, 0.29) is 19.0 Å². The molecule has 0 aliphatic heterocycles. The van der Waals surface area contributed by atoms with Crippen molar-refractivity contribution in [3.05, 3.63) is 59.9 Å². The van der Waals surface area contributed by atoms with Gasteiger partial charge in [-0.05, 0) is 17.7 Å². The summed E-state index contributed by atoms with van der Waals surface area (Å²) in [5, 5.41) is 8.87. The van der Waals surface area contributed by atoms with Crippen LogP contribution in [-0.2, 0) is 21.6 Å². The molecule has 0 unspecified atom stereocenters. The lowest BCUT2D eigenvalue weighted by Gasteiger charge is -2.10. The molecule has 1 aromatic heterocycles. The van der Waals surface area contributed by atoms with Crippen LogP contribution in [0, 0.1) is 0 Å². The monoisotopic (exact) mass is 360 g/mol. The van der Waals surface area contributed by atoms with Crippen LogP contribution in [0.25, 0.3) is 0 Å². The first-order valence-electron chi connectivity index (χ1n) is 6.05. The summed E-state index contributed by atoms with van der Waals surface area (Å²) in [6, 6.07) is 11.0. The molecule has 0 aliphatic carbocycles. The first-order valence-corrected chi connectivity index (χ1v) is 7.49. The number of amides is 1. The minimum absolute atomic E-state index is 0. The molecule has 8 nitrogen and oxygen atoms in total. The Morgan fingerprint density at radius 2 is 1.78 bits per heavy atom. The Kier molecular flexibility index (Phi) is 6.17. The van der Waals surface area contributed by atoms with E-state index in [1.165, 1.54) is 6.07 Å². The van der Waals surface area contributed by atoms with E-state index in [9.17, 15) is 18.0 Å². The summed E-state index contributed by atoms with van der Waals surface area (Å²) in [5.41, 5.74) is 0.186. The molecule has 0 spiro atoms. The van der Waals surface area contributed by atoms with Crippen molar-refractivity contribution in [3.63, 3.8) is 0 Å². The number of rotatable bonds is 5. The van der Waals surface area contributed by atoms with Gasteiger partial charge in [-0.25, -0.2) is 18.3 Å². The number of nitrogens with zero attached hydrogens (tertiary/aromatic N) is 1. The van der Waals surface area contributed by atoms with Crippen LogP contribution in [0.15, 0.2) is 48.7 Å². The van der Waals surface area contributed by atoms with E-state index >= 15 is 0 Å². The molecule has 0 fully saturated rings. The van der Waals surface area contributed by atoms with Crippen molar-refractivity contribution in [3.8, 4) is 0 Å². The Balaban J connectivity index is 0.00000264. The number of carbonyl (C=O) groups excluding carboxylic acids is 1. The standard InChI is InChI=1S/C13H12N2O6S.ClH/c16-12(17)11-7-4-8-15(11)22(19,20)14-13(18)21-9-10-5-2-1-3-6-10;/h1-8H,9H2,(H,14,18)(H,16,17);1H. The zero-order valence-corrected chi connectivity index (χ0v) is 13.2. The molecule has 1 aromatic carbocycles. The predicted octanol–water partition coefficient (Wildman–Crippen LogP) is 1.63. The van der Waals surface area contributed by atoms with Crippen LogP contribution in [-0.4, -0.2) is 29.6 Å². The third-order valence-corrected chi connectivity index (χ3v) is 3.88. The molecular weight excluding hydrogens is 348 g/mol. The summed E-state index contributed by atoms with van der Waals surface area (Å²) in [6.45, 7) is -0.111.